The van der Waals surface area contributed by atoms with Crippen LogP contribution in [-0.4, -0.2) is 35.4 Å². The number of hydrogen-bond acceptors (Lipinski definition) is 3. The molecule has 6 rings (SSSR count). The number of hydrogen-bond donors (Lipinski definition) is 1. The highest BCUT2D eigenvalue weighted by Gasteiger charge is 2.31. The highest BCUT2D eigenvalue weighted by Crippen LogP contribution is 2.36. The van der Waals surface area contributed by atoms with Crippen molar-refractivity contribution in [1.29, 1.82) is 0 Å². The number of benzene rings is 2. The molecule has 3 fully saturated rings. The van der Waals surface area contributed by atoms with E-state index in [9.17, 15) is 4.79 Å². The Hall–Kier alpha value is -2.72. The number of piperidine rings is 1. The first-order valence-electron chi connectivity index (χ1n) is 11.7. The molecule has 160 valence electrons. The van der Waals surface area contributed by atoms with Gasteiger partial charge in [-0.15, -0.1) is 0 Å². The van der Waals surface area contributed by atoms with Crippen molar-refractivity contribution in [2.75, 3.05) is 19.6 Å². The van der Waals surface area contributed by atoms with Crippen LogP contribution in [0.25, 0.3) is 10.9 Å². The van der Waals surface area contributed by atoms with Crippen molar-refractivity contribution in [2.24, 2.45) is 5.92 Å². The van der Waals surface area contributed by atoms with E-state index in [-0.39, 0.29) is 11.9 Å². The number of fused-ring (bicyclic) bond motifs is 5. The van der Waals surface area contributed by atoms with E-state index in [0.717, 1.165) is 46.6 Å². The van der Waals surface area contributed by atoms with Gasteiger partial charge in [0.05, 0.1) is 17.1 Å². The van der Waals surface area contributed by atoms with Gasteiger partial charge in [-0.2, -0.15) is 0 Å². The Bertz CT molecular complexity index is 1040. The van der Waals surface area contributed by atoms with Gasteiger partial charge in [-0.25, -0.2) is 0 Å². The minimum absolute atomic E-state index is 0.00362. The molecule has 31 heavy (non-hydrogen) atoms. The van der Waals surface area contributed by atoms with Crippen LogP contribution in [0.15, 0.2) is 60.7 Å². The van der Waals surface area contributed by atoms with E-state index in [1.807, 2.05) is 42.5 Å². The monoisotopic (exact) mass is 413 g/mol. The lowest BCUT2D eigenvalue weighted by atomic mass is 9.88. The largest absolute Gasteiger partial charge is 0.345 e. The Morgan fingerprint density at radius 3 is 2.61 bits per heavy atom. The Labute approximate surface area is 184 Å². The molecule has 0 spiro atoms. The van der Waals surface area contributed by atoms with Crippen LogP contribution in [0.4, 0.5) is 0 Å². The minimum atomic E-state index is -0.00699. The summed E-state index contributed by atoms with van der Waals surface area (Å²) >= 11 is 0. The molecular weight excluding hydrogens is 382 g/mol. The Balaban J connectivity index is 1.49. The smallest absolute Gasteiger partial charge is 0.252 e. The lowest BCUT2D eigenvalue weighted by molar-refractivity contribution is 0.0937. The maximum absolute atomic E-state index is 13.5. The number of nitrogens with zero attached hydrogens (tertiary/aromatic N) is 2. The van der Waals surface area contributed by atoms with E-state index in [1.165, 1.54) is 32.4 Å². The summed E-state index contributed by atoms with van der Waals surface area (Å²) in [5, 5.41) is 4.22. The fraction of sp³-hybridized carbons (Fsp3) is 0.407. The van der Waals surface area contributed by atoms with Gasteiger partial charge in [0.15, 0.2) is 0 Å². The normalized spacial score (nSPS) is 24.0. The van der Waals surface area contributed by atoms with E-state index in [2.05, 4.69) is 35.3 Å². The summed E-state index contributed by atoms with van der Waals surface area (Å²) in [6.07, 6.45) is 4.63. The minimum Gasteiger partial charge on any atom is -0.345 e. The number of aromatic nitrogens is 1. The van der Waals surface area contributed by atoms with Crippen LogP contribution >= 0.6 is 0 Å². The molecule has 0 aliphatic carbocycles. The summed E-state index contributed by atoms with van der Waals surface area (Å²) < 4.78 is 0. The van der Waals surface area contributed by atoms with Crippen molar-refractivity contribution < 1.29 is 4.79 Å². The first kappa shape index (κ1) is 20.2. The number of carbonyl (C=O) groups is 1. The number of carbonyl (C=O) groups excluding carboxylic acids is 1. The molecule has 1 aromatic heterocycles. The predicted octanol–water partition coefficient (Wildman–Crippen LogP) is 5.32. The summed E-state index contributed by atoms with van der Waals surface area (Å²) in [7, 11) is 0. The van der Waals surface area contributed by atoms with E-state index >= 15 is 0 Å². The number of rotatable bonds is 5. The highest BCUT2D eigenvalue weighted by molar-refractivity contribution is 6.06. The summed E-state index contributed by atoms with van der Waals surface area (Å²) in [6, 6.07) is 20.4. The molecule has 2 bridgehead atoms. The number of para-hydroxylation sites is 1. The Kier molecular flexibility index (Phi) is 5.73. The SMILES string of the molecule is CC[C@H](NC(=O)c1cc(C2CC3CCN(CC3)C2)nc2ccccc12)c1ccccc1. The maximum Gasteiger partial charge on any atom is 0.252 e. The fourth-order valence-electron chi connectivity index (χ4n) is 5.34. The zero-order valence-corrected chi connectivity index (χ0v) is 18.3. The quantitative estimate of drug-likeness (QED) is 0.616. The van der Waals surface area contributed by atoms with Gasteiger partial charge < -0.3 is 10.2 Å². The summed E-state index contributed by atoms with van der Waals surface area (Å²) in [5.41, 5.74) is 3.89. The van der Waals surface area contributed by atoms with Gasteiger partial charge in [0.25, 0.3) is 5.91 Å². The second kappa shape index (κ2) is 8.80. The van der Waals surface area contributed by atoms with Crippen LogP contribution in [0.5, 0.6) is 0 Å². The number of pyridine rings is 1. The fourth-order valence-corrected chi connectivity index (χ4v) is 5.34. The first-order chi connectivity index (χ1) is 15.2. The molecule has 1 N–H and O–H groups in total. The van der Waals surface area contributed by atoms with Crippen LogP contribution in [0.2, 0.25) is 0 Å². The molecule has 3 aromatic rings. The lowest BCUT2D eigenvalue weighted by Crippen LogP contribution is -2.31. The van der Waals surface area contributed by atoms with E-state index in [4.69, 9.17) is 4.98 Å². The van der Waals surface area contributed by atoms with Crippen molar-refractivity contribution in [3.63, 3.8) is 0 Å². The first-order valence-corrected chi connectivity index (χ1v) is 11.7. The Morgan fingerprint density at radius 1 is 1.10 bits per heavy atom. The summed E-state index contributed by atoms with van der Waals surface area (Å²) in [4.78, 5) is 21.1. The van der Waals surface area contributed by atoms with Crippen LogP contribution in [0, 0.1) is 5.92 Å². The van der Waals surface area contributed by atoms with Gasteiger partial charge in [-0.1, -0.05) is 55.5 Å². The molecule has 2 atom stereocenters. The molecule has 4 heteroatoms. The average Bonchev–Trinajstić information content (AvgIpc) is 3.16. The van der Waals surface area contributed by atoms with Crippen LogP contribution in [-0.2, 0) is 0 Å². The molecule has 0 saturated carbocycles. The second-order valence-electron chi connectivity index (χ2n) is 9.13. The van der Waals surface area contributed by atoms with Crippen molar-refractivity contribution in [2.45, 2.75) is 44.6 Å². The van der Waals surface area contributed by atoms with Gasteiger partial charge in [0.2, 0.25) is 0 Å². The molecule has 3 saturated heterocycles. The average molecular weight is 414 g/mol. The summed E-state index contributed by atoms with van der Waals surface area (Å²) in [5.74, 6) is 1.19. The number of nitrogens with one attached hydrogen (secondary N) is 1. The zero-order chi connectivity index (χ0) is 21.2. The maximum atomic E-state index is 13.5. The lowest BCUT2D eigenvalue weighted by Gasteiger charge is -2.26. The van der Waals surface area contributed by atoms with Crippen molar-refractivity contribution in [3.05, 3.63) is 77.5 Å². The molecule has 4 nitrogen and oxygen atoms in total. The van der Waals surface area contributed by atoms with E-state index < -0.39 is 0 Å². The van der Waals surface area contributed by atoms with Gasteiger partial charge >= 0.3 is 0 Å². The summed E-state index contributed by atoms with van der Waals surface area (Å²) in [6.45, 7) is 5.59. The molecule has 1 unspecified atom stereocenters. The van der Waals surface area contributed by atoms with E-state index in [1.54, 1.807) is 0 Å². The molecule has 3 aliphatic heterocycles. The van der Waals surface area contributed by atoms with Gasteiger partial charge in [-0.05, 0) is 62.4 Å². The van der Waals surface area contributed by atoms with Crippen molar-refractivity contribution >= 4 is 16.8 Å². The third-order valence-corrected chi connectivity index (χ3v) is 7.12. The van der Waals surface area contributed by atoms with E-state index in [0.29, 0.717) is 5.92 Å². The van der Waals surface area contributed by atoms with Crippen LogP contribution in [0.1, 0.15) is 66.2 Å². The highest BCUT2D eigenvalue weighted by atomic mass is 16.1. The second-order valence-corrected chi connectivity index (χ2v) is 9.13. The van der Waals surface area contributed by atoms with Gasteiger partial charge in [0.1, 0.15) is 0 Å². The molecule has 3 aliphatic rings. The van der Waals surface area contributed by atoms with Crippen molar-refractivity contribution in [1.82, 2.24) is 15.2 Å². The third kappa shape index (κ3) is 4.22. The molecule has 4 heterocycles. The molecule has 2 aromatic carbocycles. The van der Waals surface area contributed by atoms with Crippen LogP contribution < -0.4 is 5.32 Å². The van der Waals surface area contributed by atoms with Gasteiger partial charge in [-0.3, -0.25) is 9.78 Å². The molecular formula is C27H31N3O. The van der Waals surface area contributed by atoms with Gasteiger partial charge in [0, 0.05) is 23.5 Å². The molecule has 0 radical (unpaired) electrons. The third-order valence-electron chi connectivity index (χ3n) is 7.12. The zero-order valence-electron chi connectivity index (χ0n) is 18.3. The Morgan fingerprint density at radius 2 is 1.84 bits per heavy atom. The number of amides is 1. The standard InChI is InChI=1S/C27H31N3O/c1-2-24(20-8-4-3-5-9-20)29-27(31)23-17-26(28-25-11-7-6-10-22(23)25)21-16-19-12-14-30(18-21)15-13-19/h3-11,17,19,21,24H,2,12-16,18H2,1H3,(H,29,31)/t21?,24-/m0/s1. The van der Waals surface area contributed by atoms with Crippen molar-refractivity contribution in [3.8, 4) is 0 Å². The molecule has 1 amide bonds. The van der Waals surface area contributed by atoms with Crippen LogP contribution in [0.3, 0.4) is 0 Å². The predicted molar refractivity (Wildman–Crippen MR) is 125 cm³/mol. The topological polar surface area (TPSA) is 45.2 Å².